The van der Waals surface area contributed by atoms with E-state index in [0.29, 0.717) is 6.54 Å². The van der Waals surface area contributed by atoms with Gasteiger partial charge in [-0.1, -0.05) is 43.2 Å². The molecule has 0 radical (unpaired) electrons. The van der Waals surface area contributed by atoms with E-state index in [1.807, 2.05) is 30.3 Å². The monoisotopic (exact) mass is 369 g/mol. The number of hydrogen-bond acceptors (Lipinski definition) is 4. The normalized spacial score (nSPS) is 22.2. The van der Waals surface area contributed by atoms with Crippen molar-refractivity contribution in [3.05, 3.63) is 35.9 Å². The molecule has 3 N–H and O–H groups in total. The second-order valence-corrected chi connectivity index (χ2v) is 8.16. The lowest BCUT2D eigenvalue weighted by molar-refractivity contribution is 0.103. The number of ether oxygens (including phenoxy) is 1. The Hall–Kier alpha value is -1.64. The van der Waals surface area contributed by atoms with Crippen LogP contribution in [0.25, 0.3) is 0 Å². The predicted molar refractivity (Wildman–Crippen MR) is 96.7 cm³/mol. The zero-order valence-corrected chi connectivity index (χ0v) is 15.5. The fourth-order valence-electron chi connectivity index (χ4n) is 3.13. The number of urea groups is 1. The van der Waals surface area contributed by atoms with Gasteiger partial charge in [0.15, 0.2) is 0 Å². The van der Waals surface area contributed by atoms with Crippen molar-refractivity contribution in [3.8, 4) is 0 Å². The van der Waals surface area contributed by atoms with Crippen LogP contribution in [0.15, 0.2) is 30.3 Å². The third kappa shape index (κ3) is 6.64. The Bertz CT molecular complexity index is 651. The molecule has 1 saturated carbocycles. The highest BCUT2D eigenvalue weighted by atomic mass is 32.2. The van der Waals surface area contributed by atoms with Gasteiger partial charge in [-0.15, -0.1) is 0 Å². The summed E-state index contributed by atoms with van der Waals surface area (Å²) in [6.07, 6.45) is 4.31. The van der Waals surface area contributed by atoms with Crippen LogP contribution in [0.4, 0.5) is 4.79 Å². The number of carbonyl (C=O) groups excluding carboxylic acids is 1. The van der Waals surface area contributed by atoms with E-state index in [0.717, 1.165) is 37.5 Å². The summed E-state index contributed by atoms with van der Waals surface area (Å²) < 4.78 is 31.0. The van der Waals surface area contributed by atoms with Gasteiger partial charge in [0.05, 0.1) is 12.4 Å². The SMILES string of the molecule is CO[C@H](CNC(=O)N[C@@H]1CCCC[C@@H]1NS(C)(=O)=O)c1ccccc1. The number of methoxy groups -OCH3 is 1. The van der Waals surface area contributed by atoms with Crippen LogP contribution in [-0.4, -0.2) is 46.4 Å². The average Bonchev–Trinajstić information content (AvgIpc) is 2.57. The topological polar surface area (TPSA) is 96.5 Å². The second kappa shape index (κ2) is 9.17. The molecule has 8 heteroatoms. The first-order chi connectivity index (χ1) is 11.9. The molecule has 0 heterocycles. The molecule has 1 fully saturated rings. The van der Waals surface area contributed by atoms with Crippen LogP contribution in [-0.2, 0) is 14.8 Å². The summed E-state index contributed by atoms with van der Waals surface area (Å²) >= 11 is 0. The summed E-state index contributed by atoms with van der Waals surface area (Å²) in [4.78, 5) is 12.2. The molecule has 1 aliphatic carbocycles. The van der Waals surface area contributed by atoms with Crippen LogP contribution in [0.3, 0.4) is 0 Å². The van der Waals surface area contributed by atoms with E-state index in [9.17, 15) is 13.2 Å². The lowest BCUT2D eigenvalue weighted by Gasteiger charge is -2.32. The summed E-state index contributed by atoms with van der Waals surface area (Å²) in [5.74, 6) is 0. The molecule has 0 aromatic heterocycles. The van der Waals surface area contributed by atoms with Crippen molar-refractivity contribution in [2.75, 3.05) is 19.9 Å². The van der Waals surface area contributed by atoms with Gasteiger partial charge in [0.25, 0.3) is 0 Å². The van der Waals surface area contributed by atoms with Gasteiger partial charge in [-0.2, -0.15) is 0 Å². The van der Waals surface area contributed by atoms with Crippen LogP contribution in [0.5, 0.6) is 0 Å². The maximum absolute atomic E-state index is 12.2. The number of rotatable bonds is 7. The molecular formula is C17H27N3O4S. The van der Waals surface area contributed by atoms with Gasteiger partial charge in [-0.25, -0.2) is 17.9 Å². The quantitative estimate of drug-likeness (QED) is 0.679. The second-order valence-electron chi connectivity index (χ2n) is 6.38. The minimum absolute atomic E-state index is 0.207. The minimum Gasteiger partial charge on any atom is -0.375 e. The molecular weight excluding hydrogens is 342 g/mol. The Morgan fingerprint density at radius 3 is 2.44 bits per heavy atom. The van der Waals surface area contributed by atoms with Gasteiger partial charge >= 0.3 is 6.03 Å². The highest BCUT2D eigenvalue weighted by Crippen LogP contribution is 2.19. The van der Waals surface area contributed by atoms with Crippen molar-refractivity contribution in [3.63, 3.8) is 0 Å². The van der Waals surface area contributed by atoms with E-state index < -0.39 is 10.0 Å². The van der Waals surface area contributed by atoms with Crippen LogP contribution in [0, 0.1) is 0 Å². The Morgan fingerprint density at radius 2 is 1.84 bits per heavy atom. The van der Waals surface area contributed by atoms with Crippen LogP contribution in [0.1, 0.15) is 37.4 Å². The van der Waals surface area contributed by atoms with Gasteiger partial charge in [0.1, 0.15) is 0 Å². The first kappa shape index (κ1) is 19.7. The fourth-order valence-corrected chi connectivity index (χ4v) is 3.96. The number of hydrogen-bond donors (Lipinski definition) is 3. The maximum Gasteiger partial charge on any atom is 0.315 e. The maximum atomic E-state index is 12.2. The van der Waals surface area contributed by atoms with E-state index in [1.165, 1.54) is 0 Å². The lowest BCUT2D eigenvalue weighted by atomic mass is 9.91. The first-order valence-electron chi connectivity index (χ1n) is 8.48. The zero-order valence-electron chi connectivity index (χ0n) is 14.7. The van der Waals surface area contributed by atoms with Gasteiger partial charge in [-0.3, -0.25) is 0 Å². The molecule has 2 rings (SSSR count). The molecule has 0 bridgehead atoms. The Balaban J connectivity index is 1.87. The van der Waals surface area contributed by atoms with Gasteiger partial charge in [0.2, 0.25) is 10.0 Å². The number of benzene rings is 1. The summed E-state index contributed by atoms with van der Waals surface area (Å²) in [5, 5.41) is 5.70. The molecule has 0 saturated heterocycles. The van der Waals surface area contributed by atoms with E-state index in [4.69, 9.17) is 4.74 Å². The molecule has 0 aliphatic heterocycles. The first-order valence-corrected chi connectivity index (χ1v) is 10.4. The molecule has 1 aromatic rings. The standard InChI is InChI=1S/C17H27N3O4S/c1-24-16(13-8-4-3-5-9-13)12-18-17(21)19-14-10-6-7-11-15(14)20-25(2,22)23/h3-5,8-9,14-16,20H,6-7,10-12H2,1-2H3,(H2,18,19,21)/t14-,15+,16-/m1/s1. The molecule has 0 spiro atoms. The van der Waals surface area contributed by atoms with Crippen molar-refractivity contribution in [2.24, 2.45) is 0 Å². The van der Waals surface area contributed by atoms with E-state index >= 15 is 0 Å². The smallest absolute Gasteiger partial charge is 0.315 e. The number of nitrogens with one attached hydrogen (secondary N) is 3. The molecule has 1 aromatic carbocycles. The van der Waals surface area contributed by atoms with E-state index in [2.05, 4.69) is 15.4 Å². The van der Waals surface area contributed by atoms with Crippen molar-refractivity contribution in [1.29, 1.82) is 0 Å². The summed E-state index contributed by atoms with van der Waals surface area (Å²) in [5.41, 5.74) is 0.986. The number of amides is 2. The molecule has 3 atom stereocenters. The average molecular weight is 369 g/mol. The Labute approximate surface area is 149 Å². The Morgan fingerprint density at radius 1 is 1.20 bits per heavy atom. The van der Waals surface area contributed by atoms with Gasteiger partial charge in [0, 0.05) is 25.7 Å². The summed E-state index contributed by atoms with van der Waals surface area (Å²) in [7, 11) is -1.70. The largest absolute Gasteiger partial charge is 0.375 e. The van der Waals surface area contributed by atoms with Crippen molar-refractivity contribution in [1.82, 2.24) is 15.4 Å². The third-order valence-electron chi connectivity index (χ3n) is 4.35. The molecule has 140 valence electrons. The van der Waals surface area contributed by atoms with E-state index in [1.54, 1.807) is 7.11 Å². The van der Waals surface area contributed by atoms with Crippen molar-refractivity contribution >= 4 is 16.1 Å². The molecule has 1 aliphatic rings. The number of sulfonamides is 1. The fraction of sp³-hybridized carbons (Fsp3) is 0.588. The minimum atomic E-state index is -3.30. The van der Waals surface area contributed by atoms with Crippen LogP contribution < -0.4 is 15.4 Å². The van der Waals surface area contributed by atoms with Gasteiger partial charge in [-0.05, 0) is 18.4 Å². The van der Waals surface area contributed by atoms with Crippen molar-refractivity contribution < 1.29 is 17.9 Å². The van der Waals surface area contributed by atoms with Crippen molar-refractivity contribution in [2.45, 2.75) is 43.9 Å². The van der Waals surface area contributed by atoms with Crippen LogP contribution in [0.2, 0.25) is 0 Å². The van der Waals surface area contributed by atoms with Crippen LogP contribution >= 0.6 is 0 Å². The van der Waals surface area contributed by atoms with Gasteiger partial charge < -0.3 is 15.4 Å². The lowest BCUT2D eigenvalue weighted by Crippen LogP contribution is -2.55. The summed E-state index contributed by atoms with van der Waals surface area (Å²) in [6.45, 7) is 0.337. The van der Waals surface area contributed by atoms with E-state index in [-0.39, 0.29) is 24.2 Å². The Kier molecular flexibility index (Phi) is 7.22. The summed E-state index contributed by atoms with van der Waals surface area (Å²) in [6, 6.07) is 8.87. The molecule has 2 amide bonds. The zero-order chi connectivity index (χ0) is 18.3. The highest BCUT2D eigenvalue weighted by Gasteiger charge is 2.28. The third-order valence-corrected chi connectivity index (χ3v) is 5.08. The number of carbonyl (C=O) groups is 1. The molecule has 7 nitrogen and oxygen atoms in total. The molecule has 25 heavy (non-hydrogen) atoms. The predicted octanol–water partition coefficient (Wildman–Crippen LogP) is 1.53. The molecule has 0 unspecified atom stereocenters. The highest BCUT2D eigenvalue weighted by molar-refractivity contribution is 7.88.